The lowest BCUT2D eigenvalue weighted by Gasteiger charge is -2.11. The van der Waals surface area contributed by atoms with Crippen molar-refractivity contribution < 1.29 is 4.74 Å². The average Bonchev–Trinajstić information content (AvgIpc) is 2.82. The molecule has 0 aromatic carbocycles. The van der Waals surface area contributed by atoms with E-state index >= 15 is 0 Å². The Morgan fingerprint density at radius 3 is 3.11 bits per heavy atom. The minimum Gasteiger partial charge on any atom is -0.492 e. The second kappa shape index (κ2) is 5.35. The van der Waals surface area contributed by atoms with E-state index in [1.54, 1.807) is 19.5 Å². The monoisotopic (exact) mass is 244 g/mol. The van der Waals surface area contributed by atoms with Crippen LogP contribution >= 0.6 is 0 Å². The highest BCUT2D eigenvalue weighted by atomic mass is 16.5. The second-order valence-electron chi connectivity index (χ2n) is 3.69. The molecule has 0 atom stereocenters. The number of aromatic nitrogens is 2. The first-order chi connectivity index (χ1) is 8.80. The van der Waals surface area contributed by atoms with Gasteiger partial charge in [0.25, 0.3) is 0 Å². The molecule has 2 rings (SSSR count). The third-order valence-electron chi connectivity index (χ3n) is 2.55. The van der Waals surface area contributed by atoms with Gasteiger partial charge >= 0.3 is 0 Å². The maximum atomic E-state index is 5.64. The number of nitrogens with two attached hydrogens (primary N) is 1. The van der Waals surface area contributed by atoms with Crippen LogP contribution in [0.15, 0.2) is 35.8 Å². The molecule has 5 nitrogen and oxygen atoms in total. The second-order valence-corrected chi connectivity index (χ2v) is 3.69. The Labute approximate surface area is 106 Å². The predicted octanol–water partition coefficient (Wildman–Crippen LogP) is 1.73. The van der Waals surface area contributed by atoms with Gasteiger partial charge in [0.2, 0.25) is 0 Å². The highest BCUT2D eigenvalue weighted by Gasteiger charge is 2.10. The molecule has 0 bridgehead atoms. The first-order valence-electron chi connectivity index (χ1n) is 5.74. The van der Waals surface area contributed by atoms with Crippen molar-refractivity contribution in [2.75, 3.05) is 13.7 Å². The van der Waals surface area contributed by atoms with Crippen molar-refractivity contribution in [3.8, 4) is 5.75 Å². The fraction of sp³-hybridized carbons (Fsp3) is 0.231. The van der Waals surface area contributed by atoms with Crippen molar-refractivity contribution in [3.63, 3.8) is 0 Å². The highest BCUT2D eigenvalue weighted by molar-refractivity contribution is 6.10. The zero-order valence-electron chi connectivity index (χ0n) is 10.5. The standard InChI is InChI=1S/C13H16N4O/c1-3-18-12-9-17-5-4-16-13(17)6-11(12)10(7-14)8-15-2/h4-9H,3,14H2,1-2H3. The summed E-state index contributed by atoms with van der Waals surface area (Å²) in [6.07, 6.45) is 8.74. The van der Waals surface area contributed by atoms with Crippen LogP contribution in [0.25, 0.3) is 11.2 Å². The SMILES string of the molecule is CCOc1cn2ccnc2cc1C(C=NC)=CN. The van der Waals surface area contributed by atoms with Gasteiger partial charge in [0.1, 0.15) is 11.4 Å². The van der Waals surface area contributed by atoms with Gasteiger partial charge in [-0.15, -0.1) is 0 Å². The van der Waals surface area contributed by atoms with Gasteiger partial charge in [-0.1, -0.05) is 0 Å². The van der Waals surface area contributed by atoms with Crippen molar-refractivity contribution in [2.45, 2.75) is 6.92 Å². The minimum absolute atomic E-state index is 0.592. The first kappa shape index (κ1) is 12.2. The molecule has 2 N–H and O–H groups in total. The van der Waals surface area contributed by atoms with Crippen LogP contribution in [0.5, 0.6) is 5.75 Å². The molecule has 0 aliphatic heterocycles. The predicted molar refractivity (Wildman–Crippen MR) is 72.9 cm³/mol. The number of fused-ring (bicyclic) bond motifs is 1. The van der Waals surface area contributed by atoms with Gasteiger partial charge in [-0.05, 0) is 13.0 Å². The van der Waals surface area contributed by atoms with Gasteiger partial charge in [-0.3, -0.25) is 4.99 Å². The van der Waals surface area contributed by atoms with Crippen molar-refractivity contribution in [1.29, 1.82) is 0 Å². The van der Waals surface area contributed by atoms with E-state index < -0.39 is 0 Å². The van der Waals surface area contributed by atoms with Crippen molar-refractivity contribution >= 4 is 17.4 Å². The molecule has 0 aliphatic carbocycles. The fourth-order valence-electron chi connectivity index (χ4n) is 1.78. The summed E-state index contributed by atoms with van der Waals surface area (Å²) < 4.78 is 7.55. The molecule has 0 saturated heterocycles. The van der Waals surface area contributed by atoms with Crippen molar-refractivity contribution in [2.24, 2.45) is 10.7 Å². The van der Waals surface area contributed by atoms with E-state index in [4.69, 9.17) is 10.5 Å². The molecule has 0 radical (unpaired) electrons. The number of imidazole rings is 1. The quantitative estimate of drug-likeness (QED) is 0.833. The lowest BCUT2D eigenvalue weighted by molar-refractivity contribution is 0.337. The number of pyridine rings is 1. The fourth-order valence-corrected chi connectivity index (χ4v) is 1.78. The van der Waals surface area contributed by atoms with E-state index in [-0.39, 0.29) is 0 Å². The third kappa shape index (κ3) is 2.20. The van der Waals surface area contributed by atoms with Crippen LogP contribution in [-0.4, -0.2) is 29.3 Å². The zero-order valence-corrected chi connectivity index (χ0v) is 10.5. The Kier molecular flexibility index (Phi) is 3.62. The molecule has 5 heteroatoms. The molecule has 2 aromatic heterocycles. The zero-order chi connectivity index (χ0) is 13.0. The van der Waals surface area contributed by atoms with E-state index in [9.17, 15) is 0 Å². The first-order valence-corrected chi connectivity index (χ1v) is 5.74. The molecule has 2 aromatic rings. The lowest BCUT2D eigenvalue weighted by atomic mass is 10.1. The van der Waals surface area contributed by atoms with E-state index in [2.05, 4.69) is 9.98 Å². The summed E-state index contributed by atoms with van der Waals surface area (Å²) >= 11 is 0. The molecule has 0 unspecified atom stereocenters. The van der Waals surface area contributed by atoms with Gasteiger partial charge in [-0.25, -0.2) is 4.98 Å². The average molecular weight is 244 g/mol. The molecule has 0 spiro atoms. The van der Waals surface area contributed by atoms with Crippen LogP contribution < -0.4 is 10.5 Å². The van der Waals surface area contributed by atoms with Gasteiger partial charge in [0, 0.05) is 43.0 Å². The molecular weight excluding hydrogens is 228 g/mol. The normalized spacial score (nSPS) is 12.4. The van der Waals surface area contributed by atoms with Gasteiger partial charge in [0.15, 0.2) is 0 Å². The molecule has 2 heterocycles. The molecule has 0 aliphatic rings. The summed E-state index contributed by atoms with van der Waals surface area (Å²) in [6.45, 7) is 2.54. The van der Waals surface area contributed by atoms with Gasteiger partial charge in [-0.2, -0.15) is 0 Å². The molecule has 94 valence electrons. The number of aliphatic imine (C=N–C) groups is 1. The smallest absolute Gasteiger partial charge is 0.143 e. The largest absolute Gasteiger partial charge is 0.492 e. The van der Waals surface area contributed by atoms with Crippen molar-refractivity contribution in [3.05, 3.63) is 36.4 Å². The van der Waals surface area contributed by atoms with Crippen LogP contribution in [0.4, 0.5) is 0 Å². The van der Waals surface area contributed by atoms with Crippen LogP contribution in [0, 0.1) is 0 Å². The van der Waals surface area contributed by atoms with Crippen LogP contribution in [0.2, 0.25) is 0 Å². The summed E-state index contributed by atoms with van der Waals surface area (Å²) in [6, 6.07) is 1.94. The van der Waals surface area contributed by atoms with E-state index in [1.165, 1.54) is 6.20 Å². The summed E-state index contributed by atoms with van der Waals surface area (Å²) in [5.41, 5.74) is 8.19. The Hall–Kier alpha value is -2.30. The summed E-state index contributed by atoms with van der Waals surface area (Å²) in [7, 11) is 1.71. The number of hydrogen-bond donors (Lipinski definition) is 1. The summed E-state index contributed by atoms with van der Waals surface area (Å²) in [5.74, 6) is 0.764. The number of rotatable bonds is 4. The minimum atomic E-state index is 0.592. The lowest BCUT2D eigenvalue weighted by Crippen LogP contribution is -2.01. The van der Waals surface area contributed by atoms with Gasteiger partial charge in [0.05, 0.1) is 12.8 Å². The van der Waals surface area contributed by atoms with E-state index in [0.717, 1.165) is 22.5 Å². The van der Waals surface area contributed by atoms with Crippen LogP contribution in [-0.2, 0) is 0 Å². The summed E-state index contributed by atoms with van der Waals surface area (Å²) in [5, 5.41) is 0. The Balaban J connectivity index is 2.61. The summed E-state index contributed by atoms with van der Waals surface area (Å²) in [4.78, 5) is 8.25. The number of hydrogen-bond acceptors (Lipinski definition) is 4. The number of allylic oxidation sites excluding steroid dienone is 1. The highest BCUT2D eigenvalue weighted by Crippen LogP contribution is 2.26. The molecule has 0 amide bonds. The molecule has 0 saturated carbocycles. The number of nitrogens with zero attached hydrogens (tertiary/aromatic N) is 3. The van der Waals surface area contributed by atoms with Gasteiger partial charge < -0.3 is 14.9 Å². The van der Waals surface area contributed by atoms with E-state index in [0.29, 0.717) is 6.61 Å². The molecular formula is C13H16N4O. The van der Waals surface area contributed by atoms with Crippen molar-refractivity contribution in [1.82, 2.24) is 9.38 Å². The maximum absolute atomic E-state index is 5.64. The third-order valence-corrected chi connectivity index (χ3v) is 2.55. The topological polar surface area (TPSA) is 64.9 Å². The van der Waals surface area contributed by atoms with Crippen LogP contribution in [0.1, 0.15) is 12.5 Å². The Morgan fingerprint density at radius 1 is 1.61 bits per heavy atom. The Bertz CT molecular complexity index is 598. The molecule has 18 heavy (non-hydrogen) atoms. The maximum Gasteiger partial charge on any atom is 0.143 e. The Morgan fingerprint density at radius 2 is 2.44 bits per heavy atom. The van der Waals surface area contributed by atoms with E-state index in [1.807, 2.05) is 29.8 Å². The number of ether oxygens (including phenoxy) is 1. The van der Waals surface area contributed by atoms with Crippen LogP contribution in [0.3, 0.4) is 0 Å². The molecule has 0 fully saturated rings.